The van der Waals surface area contributed by atoms with E-state index in [-0.39, 0.29) is 17.0 Å². The summed E-state index contributed by atoms with van der Waals surface area (Å²) in [6.45, 7) is 4.08. The number of alkyl halides is 2. The maximum atomic E-state index is 12.8. The second-order valence-corrected chi connectivity index (χ2v) is 5.73. The molecule has 0 unspecified atom stereocenters. The number of rotatable bonds is 5. The van der Waals surface area contributed by atoms with Crippen molar-refractivity contribution < 1.29 is 18.3 Å². The Labute approximate surface area is 127 Å². The largest absolute Gasteiger partial charge is 0.382 e. The van der Waals surface area contributed by atoms with Gasteiger partial charge in [0, 0.05) is 14.2 Å². The molecule has 0 radical (unpaired) electrons. The maximum absolute atomic E-state index is 12.8. The van der Waals surface area contributed by atoms with Crippen molar-refractivity contribution in [1.29, 1.82) is 0 Å². The minimum Gasteiger partial charge on any atom is -0.382 e. The number of carbonyl (C=O) groups is 1. The van der Waals surface area contributed by atoms with Crippen molar-refractivity contribution in [3.05, 3.63) is 29.6 Å². The number of imidazole rings is 1. The number of amides is 1. The zero-order chi connectivity index (χ0) is 16.5. The fraction of sp³-hybridized carbons (Fsp3) is 0.467. The molecule has 2 rings (SSSR count). The van der Waals surface area contributed by atoms with Gasteiger partial charge in [-0.05, 0) is 26.0 Å². The molecule has 1 heterocycles. The normalized spacial score (nSPS) is 12.1. The van der Waals surface area contributed by atoms with Crippen LogP contribution in [0.5, 0.6) is 0 Å². The van der Waals surface area contributed by atoms with E-state index >= 15 is 0 Å². The van der Waals surface area contributed by atoms with Crippen molar-refractivity contribution in [3.63, 3.8) is 0 Å². The first-order valence-electron chi connectivity index (χ1n) is 6.82. The van der Waals surface area contributed by atoms with Crippen LogP contribution in [0.3, 0.4) is 0 Å². The molecule has 5 nitrogen and oxygen atoms in total. The fourth-order valence-corrected chi connectivity index (χ4v) is 2.23. The van der Waals surface area contributed by atoms with Crippen molar-refractivity contribution in [1.82, 2.24) is 14.9 Å². The Morgan fingerprint density at radius 1 is 1.45 bits per heavy atom. The predicted octanol–water partition coefficient (Wildman–Crippen LogP) is 3.00. The molecule has 2 aromatic rings. The molecule has 1 amide bonds. The van der Waals surface area contributed by atoms with Crippen LogP contribution >= 0.6 is 0 Å². The highest BCUT2D eigenvalue weighted by Crippen LogP contribution is 2.24. The van der Waals surface area contributed by atoms with Gasteiger partial charge in [-0.15, -0.1) is 0 Å². The number of nitrogens with one attached hydrogen (secondary N) is 1. The first-order chi connectivity index (χ1) is 10.3. The lowest BCUT2D eigenvalue weighted by molar-refractivity contribution is 0.0368. The number of benzene rings is 1. The molecule has 0 spiro atoms. The third kappa shape index (κ3) is 2.94. The molecule has 22 heavy (non-hydrogen) atoms. The van der Waals surface area contributed by atoms with Crippen LogP contribution in [0.15, 0.2) is 18.2 Å². The molecule has 0 atom stereocenters. The van der Waals surface area contributed by atoms with Crippen LogP contribution in [-0.2, 0) is 4.74 Å². The average Bonchev–Trinajstić information content (AvgIpc) is 2.89. The Balaban J connectivity index is 2.43. The van der Waals surface area contributed by atoms with Gasteiger partial charge in [0.15, 0.2) is 5.82 Å². The highest BCUT2D eigenvalue weighted by molar-refractivity contribution is 6.05. The van der Waals surface area contributed by atoms with Crippen LogP contribution in [-0.4, -0.2) is 47.1 Å². The van der Waals surface area contributed by atoms with E-state index in [1.165, 1.54) is 4.90 Å². The summed E-state index contributed by atoms with van der Waals surface area (Å²) in [4.78, 5) is 20.6. The topological polar surface area (TPSA) is 58.2 Å². The third-order valence-electron chi connectivity index (χ3n) is 3.68. The zero-order valence-corrected chi connectivity index (χ0v) is 13.0. The maximum Gasteiger partial charge on any atom is 0.295 e. The number of aromatic nitrogens is 2. The van der Waals surface area contributed by atoms with Crippen LogP contribution in [0.4, 0.5) is 8.78 Å². The Bertz CT molecular complexity index is 682. The van der Waals surface area contributed by atoms with E-state index < -0.39 is 17.8 Å². The van der Waals surface area contributed by atoms with Gasteiger partial charge in [-0.2, -0.15) is 0 Å². The summed E-state index contributed by atoms with van der Waals surface area (Å²) in [7, 11) is 3.21. The second-order valence-electron chi connectivity index (χ2n) is 5.73. The van der Waals surface area contributed by atoms with Crippen molar-refractivity contribution in [3.8, 4) is 0 Å². The van der Waals surface area contributed by atoms with Crippen LogP contribution in [0, 0.1) is 0 Å². The molecule has 0 saturated carbocycles. The number of aromatic amines is 1. The molecule has 1 aromatic carbocycles. The summed E-state index contributed by atoms with van der Waals surface area (Å²) in [5, 5.41) is 0. The summed E-state index contributed by atoms with van der Waals surface area (Å²) in [6.07, 6.45) is -2.71. The quantitative estimate of drug-likeness (QED) is 0.923. The lowest BCUT2D eigenvalue weighted by atomic mass is 10.0. The monoisotopic (exact) mass is 311 g/mol. The van der Waals surface area contributed by atoms with Crippen LogP contribution in [0.1, 0.15) is 36.5 Å². The lowest BCUT2D eigenvalue weighted by Gasteiger charge is -2.35. The summed E-state index contributed by atoms with van der Waals surface area (Å²) >= 11 is 0. The minimum atomic E-state index is -2.71. The molecule has 0 aliphatic rings. The molecule has 0 aliphatic carbocycles. The van der Waals surface area contributed by atoms with E-state index in [0.29, 0.717) is 12.1 Å². The first kappa shape index (κ1) is 16.4. The summed E-state index contributed by atoms with van der Waals surface area (Å²) in [6, 6.07) is 4.84. The van der Waals surface area contributed by atoms with Crippen LogP contribution < -0.4 is 0 Å². The SMILES string of the molecule is COCC(C)(C)N(C)C(=O)c1cccc2[nH]c(C(F)F)nc12. The average molecular weight is 311 g/mol. The van der Waals surface area contributed by atoms with E-state index in [1.54, 1.807) is 32.4 Å². The number of ether oxygens (including phenoxy) is 1. The molecule has 0 bridgehead atoms. The molecule has 0 aliphatic heterocycles. The number of halogens is 2. The summed E-state index contributed by atoms with van der Waals surface area (Å²) in [5.41, 5.74) is 0.421. The molecule has 7 heteroatoms. The molecule has 1 N–H and O–H groups in total. The fourth-order valence-electron chi connectivity index (χ4n) is 2.23. The number of carbonyl (C=O) groups excluding carboxylic acids is 1. The molecule has 1 aromatic heterocycles. The number of fused-ring (bicyclic) bond motifs is 1. The van der Waals surface area contributed by atoms with Crippen molar-refractivity contribution in [2.45, 2.75) is 25.8 Å². The van der Waals surface area contributed by atoms with Crippen molar-refractivity contribution in [2.75, 3.05) is 20.8 Å². The van der Waals surface area contributed by atoms with Gasteiger partial charge < -0.3 is 14.6 Å². The van der Waals surface area contributed by atoms with E-state index in [0.717, 1.165) is 0 Å². The third-order valence-corrected chi connectivity index (χ3v) is 3.68. The van der Waals surface area contributed by atoms with E-state index in [4.69, 9.17) is 4.74 Å². The smallest absolute Gasteiger partial charge is 0.295 e. The van der Waals surface area contributed by atoms with Gasteiger partial charge in [-0.3, -0.25) is 4.79 Å². The van der Waals surface area contributed by atoms with Gasteiger partial charge in [0.25, 0.3) is 12.3 Å². The van der Waals surface area contributed by atoms with Gasteiger partial charge in [0.2, 0.25) is 0 Å². The number of H-pyrrole nitrogens is 1. The molecular weight excluding hydrogens is 292 g/mol. The van der Waals surface area contributed by atoms with Gasteiger partial charge in [-0.25, -0.2) is 13.8 Å². The number of methoxy groups -OCH3 is 1. The van der Waals surface area contributed by atoms with Gasteiger partial charge in [0.1, 0.15) is 5.52 Å². The number of likely N-dealkylation sites (N-methyl/N-ethyl adjacent to an activating group) is 1. The Morgan fingerprint density at radius 2 is 2.14 bits per heavy atom. The number of hydrogen-bond acceptors (Lipinski definition) is 3. The molecule has 0 fully saturated rings. The Kier molecular flexibility index (Phi) is 4.46. The Morgan fingerprint density at radius 3 is 2.73 bits per heavy atom. The van der Waals surface area contributed by atoms with Gasteiger partial charge in [-0.1, -0.05) is 6.07 Å². The number of nitrogens with zero attached hydrogens (tertiary/aromatic N) is 2. The molecule has 120 valence electrons. The van der Waals surface area contributed by atoms with Crippen molar-refractivity contribution in [2.24, 2.45) is 0 Å². The highest BCUT2D eigenvalue weighted by Gasteiger charge is 2.30. The van der Waals surface area contributed by atoms with E-state index in [2.05, 4.69) is 9.97 Å². The minimum absolute atomic E-state index is 0.253. The van der Waals surface area contributed by atoms with Gasteiger partial charge in [0.05, 0.1) is 23.2 Å². The molecule has 0 saturated heterocycles. The van der Waals surface area contributed by atoms with E-state index in [1.807, 2.05) is 13.8 Å². The van der Waals surface area contributed by atoms with Crippen LogP contribution in [0.25, 0.3) is 11.0 Å². The lowest BCUT2D eigenvalue weighted by Crippen LogP contribution is -2.48. The van der Waals surface area contributed by atoms with Gasteiger partial charge >= 0.3 is 0 Å². The second kappa shape index (κ2) is 6.00. The first-order valence-corrected chi connectivity index (χ1v) is 6.82. The highest BCUT2D eigenvalue weighted by atomic mass is 19.3. The summed E-state index contributed by atoms with van der Waals surface area (Å²) < 4.78 is 30.7. The standard InChI is InChI=1S/C15H19F2N3O2/c1-15(2,8-22-4)20(3)14(21)9-6-5-7-10-11(9)19-13(18-10)12(16)17/h5-7,12H,8H2,1-4H3,(H,18,19). The Hall–Kier alpha value is -2.02. The molecular formula is C15H19F2N3O2. The zero-order valence-electron chi connectivity index (χ0n) is 13.0. The van der Waals surface area contributed by atoms with Crippen molar-refractivity contribution >= 4 is 16.9 Å². The van der Waals surface area contributed by atoms with E-state index in [9.17, 15) is 13.6 Å². The number of para-hydroxylation sites is 1. The van der Waals surface area contributed by atoms with Crippen LogP contribution in [0.2, 0.25) is 0 Å². The predicted molar refractivity (Wildman–Crippen MR) is 79.1 cm³/mol. The summed E-state index contributed by atoms with van der Waals surface area (Å²) in [5.74, 6) is -0.728. The number of hydrogen-bond donors (Lipinski definition) is 1.